The number of rotatable bonds is 5. The van der Waals surface area contributed by atoms with E-state index in [1.165, 1.54) is 16.2 Å². The number of hydrogen-bond acceptors (Lipinski definition) is 5. The average Bonchev–Trinajstić information content (AvgIpc) is 3.26. The summed E-state index contributed by atoms with van der Waals surface area (Å²) < 4.78 is 1.70. The Kier molecular flexibility index (Phi) is 5.32. The van der Waals surface area contributed by atoms with Gasteiger partial charge in [-0.05, 0) is 51.2 Å². The first-order chi connectivity index (χ1) is 14.0. The number of Topliss-reactive ketones (excluding diaryl/α,β-unsaturated/α-hetero) is 1. The molecule has 0 saturated heterocycles. The van der Waals surface area contributed by atoms with Crippen LogP contribution in [0.15, 0.2) is 30.3 Å². The number of fused-ring (bicyclic) bond motifs is 1. The van der Waals surface area contributed by atoms with Crippen molar-refractivity contribution in [3.05, 3.63) is 57.9 Å². The second kappa shape index (κ2) is 7.91. The van der Waals surface area contributed by atoms with Crippen molar-refractivity contribution in [2.45, 2.75) is 46.5 Å². The van der Waals surface area contributed by atoms with Crippen LogP contribution in [0, 0.1) is 19.8 Å². The number of nitrogens with one attached hydrogen (secondary N) is 1. The minimum absolute atomic E-state index is 0.346. The quantitative estimate of drug-likeness (QED) is 0.505. The molecule has 7 heteroatoms. The molecule has 150 valence electrons. The summed E-state index contributed by atoms with van der Waals surface area (Å²) in [5.41, 5.74) is 3.45. The lowest BCUT2D eigenvalue weighted by molar-refractivity contribution is -0.112. The third-order valence-electron chi connectivity index (χ3n) is 5.56. The van der Waals surface area contributed by atoms with Crippen molar-refractivity contribution < 1.29 is 9.59 Å². The van der Waals surface area contributed by atoms with Crippen molar-refractivity contribution in [3.8, 4) is 5.69 Å². The molecule has 0 radical (unpaired) electrons. The lowest BCUT2D eigenvalue weighted by Crippen LogP contribution is -2.24. The number of para-hydroxylation sites is 1. The van der Waals surface area contributed by atoms with E-state index < -0.39 is 11.7 Å². The van der Waals surface area contributed by atoms with Crippen molar-refractivity contribution in [1.82, 2.24) is 14.8 Å². The maximum absolute atomic E-state index is 12.9. The molecule has 1 aromatic carbocycles. The fraction of sp³-hybridized carbons (Fsp3) is 0.364. The smallest absolute Gasteiger partial charge is 0.295 e. The number of aryl methyl sites for hydroxylation is 2. The summed E-state index contributed by atoms with van der Waals surface area (Å²) in [6.45, 7) is 5.76. The van der Waals surface area contributed by atoms with E-state index in [4.69, 9.17) is 0 Å². The van der Waals surface area contributed by atoms with Crippen LogP contribution in [0.5, 0.6) is 0 Å². The van der Waals surface area contributed by atoms with E-state index in [-0.39, 0.29) is 0 Å². The zero-order chi connectivity index (χ0) is 20.5. The molecule has 2 aromatic heterocycles. The zero-order valence-electron chi connectivity index (χ0n) is 16.9. The maximum atomic E-state index is 12.9. The standard InChI is InChI=1S/C22H24N4O2S/c1-4-15-10-11-17-18(12-15)29-22(23-17)24-21(28)20(27)19-13(2)25-26(14(19)3)16-8-6-5-7-9-16/h5-9,15H,4,10-12H2,1-3H3,(H,23,24,28). The molecule has 6 nitrogen and oxygen atoms in total. The van der Waals surface area contributed by atoms with E-state index in [2.05, 4.69) is 22.3 Å². The highest BCUT2D eigenvalue weighted by Gasteiger charge is 2.27. The molecule has 0 aliphatic heterocycles. The van der Waals surface area contributed by atoms with Gasteiger partial charge < -0.3 is 0 Å². The topological polar surface area (TPSA) is 76.9 Å². The lowest BCUT2D eigenvalue weighted by atomic mass is 9.89. The van der Waals surface area contributed by atoms with Crippen LogP contribution < -0.4 is 5.32 Å². The molecule has 1 N–H and O–H groups in total. The fourth-order valence-electron chi connectivity index (χ4n) is 3.90. The van der Waals surface area contributed by atoms with Crippen LogP contribution in [-0.2, 0) is 17.6 Å². The lowest BCUT2D eigenvalue weighted by Gasteiger charge is -2.18. The van der Waals surface area contributed by atoms with Gasteiger partial charge in [-0.3, -0.25) is 14.9 Å². The predicted molar refractivity (Wildman–Crippen MR) is 114 cm³/mol. The first kappa shape index (κ1) is 19.5. The number of nitrogens with zero attached hydrogens (tertiary/aromatic N) is 3. The first-order valence-corrected chi connectivity index (χ1v) is 10.8. The van der Waals surface area contributed by atoms with E-state index in [9.17, 15) is 9.59 Å². The van der Waals surface area contributed by atoms with E-state index in [0.717, 1.165) is 37.1 Å². The fourth-order valence-corrected chi connectivity index (χ4v) is 5.02. The Balaban J connectivity index is 1.54. The van der Waals surface area contributed by atoms with Crippen molar-refractivity contribution in [2.24, 2.45) is 5.92 Å². The molecule has 1 aliphatic rings. The Bertz CT molecular complexity index is 1070. The van der Waals surface area contributed by atoms with E-state index in [1.54, 1.807) is 18.5 Å². The minimum Gasteiger partial charge on any atom is -0.295 e. The molecule has 1 aliphatic carbocycles. The Labute approximate surface area is 174 Å². The summed E-state index contributed by atoms with van der Waals surface area (Å²) in [6, 6.07) is 9.57. The van der Waals surface area contributed by atoms with Gasteiger partial charge in [-0.1, -0.05) is 31.5 Å². The summed E-state index contributed by atoms with van der Waals surface area (Å²) in [7, 11) is 0. The van der Waals surface area contributed by atoms with E-state index in [0.29, 0.717) is 28.0 Å². The molecule has 1 unspecified atom stereocenters. The molecule has 0 fully saturated rings. The normalized spacial score (nSPS) is 15.8. The molecule has 29 heavy (non-hydrogen) atoms. The molecule has 0 saturated carbocycles. The number of ketones is 1. The van der Waals surface area contributed by atoms with Gasteiger partial charge in [-0.15, -0.1) is 11.3 Å². The first-order valence-electron chi connectivity index (χ1n) is 9.93. The third-order valence-corrected chi connectivity index (χ3v) is 6.60. The molecule has 0 spiro atoms. The number of carbonyl (C=O) groups excluding carboxylic acids is 2. The van der Waals surface area contributed by atoms with Gasteiger partial charge in [0, 0.05) is 4.88 Å². The summed E-state index contributed by atoms with van der Waals surface area (Å²) >= 11 is 1.49. The summed E-state index contributed by atoms with van der Waals surface area (Å²) in [6.07, 6.45) is 4.24. The number of benzene rings is 1. The Morgan fingerprint density at radius 1 is 1.24 bits per heavy atom. The van der Waals surface area contributed by atoms with Crippen LogP contribution in [0.2, 0.25) is 0 Å². The number of hydrogen-bond donors (Lipinski definition) is 1. The summed E-state index contributed by atoms with van der Waals surface area (Å²) in [4.78, 5) is 31.3. The van der Waals surface area contributed by atoms with Crippen LogP contribution in [0.25, 0.3) is 5.69 Å². The van der Waals surface area contributed by atoms with Crippen molar-refractivity contribution in [2.75, 3.05) is 5.32 Å². The Hall–Kier alpha value is -2.80. The van der Waals surface area contributed by atoms with Gasteiger partial charge in [-0.25, -0.2) is 9.67 Å². The van der Waals surface area contributed by atoms with Crippen LogP contribution in [0.1, 0.15) is 52.1 Å². The highest BCUT2D eigenvalue weighted by Crippen LogP contribution is 2.33. The molecule has 1 amide bonds. The second-order valence-corrected chi connectivity index (χ2v) is 8.57. The van der Waals surface area contributed by atoms with Gasteiger partial charge in [-0.2, -0.15) is 5.10 Å². The van der Waals surface area contributed by atoms with E-state index >= 15 is 0 Å². The van der Waals surface area contributed by atoms with Crippen LogP contribution in [-0.4, -0.2) is 26.5 Å². The maximum Gasteiger partial charge on any atom is 0.298 e. The van der Waals surface area contributed by atoms with E-state index in [1.807, 2.05) is 30.3 Å². The van der Waals surface area contributed by atoms with Gasteiger partial charge in [0.25, 0.3) is 11.7 Å². The Morgan fingerprint density at radius 2 is 2.00 bits per heavy atom. The molecular formula is C22H24N4O2S. The molecule has 3 aromatic rings. The predicted octanol–water partition coefficient (Wildman–Crippen LogP) is 4.28. The van der Waals surface area contributed by atoms with Gasteiger partial charge >= 0.3 is 0 Å². The molecule has 4 rings (SSSR count). The van der Waals surface area contributed by atoms with Gasteiger partial charge in [0.15, 0.2) is 5.13 Å². The molecular weight excluding hydrogens is 384 g/mol. The monoisotopic (exact) mass is 408 g/mol. The third kappa shape index (κ3) is 3.74. The SMILES string of the molecule is CCC1CCc2nc(NC(=O)C(=O)c3c(C)nn(-c4ccccc4)c3C)sc2C1. The van der Waals surface area contributed by atoms with Crippen LogP contribution in [0.3, 0.4) is 0 Å². The highest BCUT2D eigenvalue weighted by atomic mass is 32.1. The van der Waals surface area contributed by atoms with Gasteiger partial charge in [0.05, 0.1) is 28.3 Å². The number of carbonyl (C=O) groups is 2. The zero-order valence-corrected chi connectivity index (χ0v) is 17.7. The van der Waals surface area contributed by atoms with Crippen molar-refractivity contribution in [1.29, 1.82) is 0 Å². The van der Waals surface area contributed by atoms with Crippen molar-refractivity contribution in [3.63, 3.8) is 0 Å². The molecule has 0 bridgehead atoms. The summed E-state index contributed by atoms with van der Waals surface area (Å²) in [5.74, 6) is -0.564. The number of amides is 1. The number of thiazole rings is 1. The van der Waals surface area contributed by atoms with Crippen molar-refractivity contribution >= 4 is 28.2 Å². The highest BCUT2D eigenvalue weighted by molar-refractivity contribution is 7.16. The summed E-state index contributed by atoms with van der Waals surface area (Å²) in [5, 5.41) is 7.69. The van der Waals surface area contributed by atoms with Gasteiger partial charge in [0.2, 0.25) is 0 Å². The number of aromatic nitrogens is 3. The van der Waals surface area contributed by atoms with Gasteiger partial charge in [0.1, 0.15) is 0 Å². The average molecular weight is 409 g/mol. The number of anilines is 1. The molecule has 1 atom stereocenters. The second-order valence-electron chi connectivity index (χ2n) is 7.48. The largest absolute Gasteiger partial charge is 0.298 e. The minimum atomic E-state index is -0.665. The van der Waals surface area contributed by atoms with Crippen LogP contribution in [0.4, 0.5) is 5.13 Å². The Morgan fingerprint density at radius 3 is 2.72 bits per heavy atom. The molecule has 2 heterocycles. The van der Waals surface area contributed by atoms with Crippen LogP contribution >= 0.6 is 11.3 Å².